The number of carbonyl (C=O) groups excluding carboxylic acids is 1. The highest BCUT2D eigenvalue weighted by Crippen LogP contribution is 2.13. The summed E-state index contributed by atoms with van der Waals surface area (Å²) in [4.78, 5) is 17.1. The zero-order valence-electron chi connectivity index (χ0n) is 11.1. The quantitative estimate of drug-likeness (QED) is 0.843. The van der Waals surface area contributed by atoms with Gasteiger partial charge in [0.2, 0.25) is 0 Å². The number of amides is 1. The van der Waals surface area contributed by atoms with E-state index in [2.05, 4.69) is 22.1 Å². The first kappa shape index (κ1) is 14.3. The Bertz CT molecular complexity index is 650. The molecule has 2 rings (SSSR count). The fourth-order valence-electron chi connectivity index (χ4n) is 1.56. The van der Waals surface area contributed by atoms with E-state index >= 15 is 0 Å². The molecule has 4 nitrogen and oxygen atoms in total. The first-order chi connectivity index (χ1) is 9.69. The SMILES string of the molecule is Cc1ccc(C(=O)NCc2cc(C#CCN)cs2)cn1. The van der Waals surface area contributed by atoms with Crippen molar-refractivity contribution >= 4 is 17.2 Å². The second-order valence-corrected chi connectivity index (χ2v) is 5.17. The van der Waals surface area contributed by atoms with Gasteiger partial charge in [0, 0.05) is 27.7 Å². The molecule has 0 aromatic carbocycles. The van der Waals surface area contributed by atoms with Gasteiger partial charge in [-0.05, 0) is 25.1 Å². The zero-order chi connectivity index (χ0) is 14.4. The normalized spacial score (nSPS) is 9.70. The molecular formula is C15H15N3OS. The number of carbonyl (C=O) groups is 1. The van der Waals surface area contributed by atoms with Crippen LogP contribution in [0.5, 0.6) is 0 Å². The average Bonchev–Trinajstić information content (AvgIpc) is 2.91. The molecule has 3 N–H and O–H groups in total. The molecule has 0 fully saturated rings. The smallest absolute Gasteiger partial charge is 0.253 e. The van der Waals surface area contributed by atoms with E-state index in [1.165, 1.54) is 0 Å². The first-order valence-electron chi connectivity index (χ1n) is 6.16. The summed E-state index contributed by atoms with van der Waals surface area (Å²) in [5, 5.41) is 4.82. The topological polar surface area (TPSA) is 68.0 Å². The van der Waals surface area contributed by atoms with Crippen LogP contribution in [0.2, 0.25) is 0 Å². The van der Waals surface area contributed by atoms with Gasteiger partial charge in [-0.2, -0.15) is 0 Å². The third-order valence-electron chi connectivity index (χ3n) is 2.59. The lowest BCUT2D eigenvalue weighted by Crippen LogP contribution is -2.22. The van der Waals surface area contributed by atoms with Gasteiger partial charge in [0.1, 0.15) is 0 Å². The van der Waals surface area contributed by atoms with Crippen molar-refractivity contribution in [3.8, 4) is 11.8 Å². The van der Waals surface area contributed by atoms with Crippen LogP contribution in [-0.2, 0) is 6.54 Å². The molecule has 2 aromatic heterocycles. The number of aromatic nitrogens is 1. The van der Waals surface area contributed by atoms with Crippen LogP contribution < -0.4 is 11.1 Å². The Hall–Kier alpha value is -2.16. The Morgan fingerprint density at radius 3 is 3.05 bits per heavy atom. The van der Waals surface area contributed by atoms with E-state index in [0.717, 1.165) is 16.1 Å². The van der Waals surface area contributed by atoms with Gasteiger partial charge >= 0.3 is 0 Å². The lowest BCUT2D eigenvalue weighted by Gasteiger charge is -2.03. The first-order valence-corrected chi connectivity index (χ1v) is 7.04. The summed E-state index contributed by atoms with van der Waals surface area (Å²) >= 11 is 1.57. The van der Waals surface area contributed by atoms with Crippen LogP contribution >= 0.6 is 11.3 Å². The van der Waals surface area contributed by atoms with Gasteiger partial charge < -0.3 is 11.1 Å². The largest absolute Gasteiger partial charge is 0.347 e. The van der Waals surface area contributed by atoms with Gasteiger partial charge in [-0.25, -0.2) is 0 Å². The van der Waals surface area contributed by atoms with Crippen molar-refractivity contribution in [2.24, 2.45) is 5.73 Å². The van der Waals surface area contributed by atoms with E-state index in [0.29, 0.717) is 18.7 Å². The molecule has 0 aliphatic carbocycles. The third-order valence-corrected chi connectivity index (χ3v) is 3.52. The Labute approximate surface area is 122 Å². The second kappa shape index (κ2) is 6.85. The van der Waals surface area contributed by atoms with Crippen molar-refractivity contribution in [1.82, 2.24) is 10.3 Å². The van der Waals surface area contributed by atoms with Gasteiger partial charge in [0.15, 0.2) is 0 Å². The van der Waals surface area contributed by atoms with Gasteiger partial charge in [0.25, 0.3) is 5.91 Å². The molecule has 0 atom stereocenters. The summed E-state index contributed by atoms with van der Waals surface area (Å²) in [5.74, 6) is 5.64. The molecule has 0 saturated heterocycles. The molecule has 0 aliphatic heterocycles. The van der Waals surface area contributed by atoms with Crippen LogP contribution in [0.15, 0.2) is 29.8 Å². The highest BCUT2D eigenvalue weighted by atomic mass is 32.1. The lowest BCUT2D eigenvalue weighted by molar-refractivity contribution is 0.0951. The lowest BCUT2D eigenvalue weighted by atomic mass is 10.2. The van der Waals surface area contributed by atoms with Crippen molar-refractivity contribution in [1.29, 1.82) is 0 Å². The Morgan fingerprint density at radius 1 is 1.50 bits per heavy atom. The van der Waals surface area contributed by atoms with E-state index in [1.54, 1.807) is 23.6 Å². The molecule has 2 heterocycles. The standard InChI is InChI=1S/C15H15N3OS/c1-11-4-5-13(8-17-11)15(19)18-9-14-7-12(10-20-14)3-2-6-16/h4-5,7-8,10H,6,9,16H2,1H3,(H,18,19). The highest BCUT2D eigenvalue weighted by molar-refractivity contribution is 7.10. The van der Waals surface area contributed by atoms with Crippen molar-refractivity contribution in [2.45, 2.75) is 13.5 Å². The molecule has 0 bridgehead atoms. The molecule has 0 saturated carbocycles. The molecule has 0 radical (unpaired) electrons. The summed E-state index contributed by atoms with van der Waals surface area (Å²) in [6.07, 6.45) is 1.58. The number of rotatable bonds is 3. The molecule has 102 valence electrons. The molecule has 0 spiro atoms. The van der Waals surface area contributed by atoms with Gasteiger partial charge in [-0.1, -0.05) is 11.8 Å². The summed E-state index contributed by atoms with van der Waals surface area (Å²) in [6, 6.07) is 5.55. The molecule has 0 aliphatic rings. The van der Waals surface area contributed by atoms with Crippen molar-refractivity contribution in [3.63, 3.8) is 0 Å². The van der Waals surface area contributed by atoms with Crippen molar-refractivity contribution < 1.29 is 4.79 Å². The van der Waals surface area contributed by atoms with Crippen LogP contribution in [0.25, 0.3) is 0 Å². The molecule has 20 heavy (non-hydrogen) atoms. The van der Waals surface area contributed by atoms with E-state index in [4.69, 9.17) is 5.73 Å². The number of pyridine rings is 1. The molecule has 0 unspecified atom stereocenters. The van der Waals surface area contributed by atoms with E-state index in [9.17, 15) is 4.79 Å². The maximum atomic E-state index is 11.9. The fourth-order valence-corrected chi connectivity index (χ4v) is 2.32. The van der Waals surface area contributed by atoms with Crippen molar-refractivity contribution in [3.05, 3.63) is 51.5 Å². The van der Waals surface area contributed by atoms with Crippen molar-refractivity contribution in [2.75, 3.05) is 6.54 Å². The maximum absolute atomic E-state index is 11.9. The number of hydrogen-bond donors (Lipinski definition) is 2. The van der Waals surface area contributed by atoms with Gasteiger partial charge in [0.05, 0.1) is 18.7 Å². The summed E-state index contributed by atoms with van der Waals surface area (Å²) in [7, 11) is 0. The van der Waals surface area contributed by atoms with Crippen LogP contribution in [0.4, 0.5) is 0 Å². The molecular weight excluding hydrogens is 270 g/mol. The number of nitrogens with zero attached hydrogens (tertiary/aromatic N) is 1. The molecule has 1 amide bonds. The number of aryl methyl sites for hydroxylation is 1. The van der Waals surface area contributed by atoms with E-state index in [-0.39, 0.29) is 5.91 Å². The van der Waals surface area contributed by atoms with E-state index in [1.807, 2.05) is 24.4 Å². The van der Waals surface area contributed by atoms with Gasteiger partial charge in [-0.15, -0.1) is 11.3 Å². The number of nitrogens with one attached hydrogen (secondary N) is 1. The predicted octanol–water partition coefficient (Wildman–Crippen LogP) is 1.69. The number of thiophene rings is 1. The maximum Gasteiger partial charge on any atom is 0.253 e. The van der Waals surface area contributed by atoms with E-state index < -0.39 is 0 Å². The summed E-state index contributed by atoms with van der Waals surface area (Å²) in [6.45, 7) is 2.72. The number of hydrogen-bond acceptors (Lipinski definition) is 4. The monoisotopic (exact) mass is 285 g/mol. The fraction of sp³-hybridized carbons (Fsp3) is 0.200. The average molecular weight is 285 g/mol. The summed E-state index contributed by atoms with van der Waals surface area (Å²) in [5.41, 5.74) is 7.71. The molecule has 2 aromatic rings. The second-order valence-electron chi connectivity index (χ2n) is 4.18. The summed E-state index contributed by atoms with van der Waals surface area (Å²) < 4.78 is 0. The minimum atomic E-state index is -0.125. The zero-order valence-corrected chi connectivity index (χ0v) is 12.0. The minimum absolute atomic E-state index is 0.125. The highest BCUT2D eigenvalue weighted by Gasteiger charge is 2.06. The van der Waals surface area contributed by atoms with Gasteiger partial charge in [-0.3, -0.25) is 9.78 Å². The van der Waals surface area contributed by atoms with Crippen LogP contribution in [0.1, 0.15) is 26.5 Å². The van der Waals surface area contributed by atoms with Crippen LogP contribution in [0, 0.1) is 18.8 Å². The van der Waals surface area contributed by atoms with Crippen LogP contribution in [-0.4, -0.2) is 17.4 Å². The molecule has 5 heteroatoms. The third kappa shape index (κ3) is 3.92. The Balaban J connectivity index is 1.93. The Kier molecular flexibility index (Phi) is 4.88. The van der Waals surface area contributed by atoms with Crippen LogP contribution in [0.3, 0.4) is 0 Å². The minimum Gasteiger partial charge on any atom is -0.347 e. The predicted molar refractivity (Wildman–Crippen MR) is 80.4 cm³/mol. The Morgan fingerprint density at radius 2 is 2.35 bits per heavy atom. The number of nitrogens with two attached hydrogens (primary N) is 1.